The third-order valence-corrected chi connectivity index (χ3v) is 4.55. The van der Waals surface area contributed by atoms with E-state index in [1.165, 1.54) is 12.1 Å². The Morgan fingerprint density at radius 2 is 1.68 bits per heavy atom. The van der Waals surface area contributed by atoms with Crippen molar-refractivity contribution in [1.29, 1.82) is 0 Å². The second-order valence-electron chi connectivity index (χ2n) is 4.22. The first-order valence-electron chi connectivity index (χ1n) is 5.75. The van der Waals surface area contributed by atoms with Gasteiger partial charge in [-0.15, -0.1) is 0 Å². The van der Waals surface area contributed by atoms with Crippen molar-refractivity contribution in [3.8, 4) is 0 Å². The van der Waals surface area contributed by atoms with Crippen molar-refractivity contribution in [2.24, 2.45) is 0 Å². The molecule has 0 atom stereocenters. The van der Waals surface area contributed by atoms with E-state index in [9.17, 15) is 26.0 Å². The maximum Gasteiger partial charge on any atom is 0.418 e. The summed E-state index contributed by atoms with van der Waals surface area (Å²) in [5.41, 5.74) is -1.83. The molecule has 2 aromatic carbocycles. The van der Waals surface area contributed by atoms with E-state index < -0.39 is 38.2 Å². The molecule has 0 bridgehead atoms. The Morgan fingerprint density at radius 1 is 1.05 bits per heavy atom. The Labute approximate surface area is 132 Å². The van der Waals surface area contributed by atoms with E-state index in [0.717, 1.165) is 30.3 Å². The summed E-state index contributed by atoms with van der Waals surface area (Å²) in [6.07, 6.45) is -4.74. The van der Waals surface area contributed by atoms with Gasteiger partial charge in [-0.05, 0) is 30.3 Å². The van der Waals surface area contributed by atoms with Crippen molar-refractivity contribution in [2.45, 2.75) is 11.1 Å². The van der Waals surface area contributed by atoms with Crippen LogP contribution in [-0.4, -0.2) is 8.42 Å². The second kappa shape index (κ2) is 5.88. The number of sulfonamides is 1. The predicted molar refractivity (Wildman–Crippen MR) is 76.4 cm³/mol. The van der Waals surface area contributed by atoms with Gasteiger partial charge in [-0.3, -0.25) is 4.72 Å². The number of rotatable bonds is 3. The number of anilines is 1. The van der Waals surface area contributed by atoms with Gasteiger partial charge in [-0.1, -0.05) is 28.1 Å². The van der Waals surface area contributed by atoms with Crippen molar-refractivity contribution in [2.75, 3.05) is 4.72 Å². The zero-order valence-corrected chi connectivity index (χ0v) is 13.1. The normalized spacial score (nSPS) is 12.2. The first kappa shape index (κ1) is 16.8. The topological polar surface area (TPSA) is 46.2 Å². The van der Waals surface area contributed by atoms with Crippen LogP contribution in [0.5, 0.6) is 0 Å². The highest BCUT2D eigenvalue weighted by molar-refractivity contribution is 9.10. The summed E-state index contributed by atoms with van der Waals surface area (Å²) < 4.78 is 78.5. The smallest absolute Gasteiger partial charge is 0.279 e. The molecule has 2 aromatic rings. The average Bonchev–Trinajstić information content (AvgIpc) is 2.36. The van der Waals surface area contributed by atoms with Gasteiger partial charge >= 0.3 is 6.18 Å². The van der Waals surface area contributed by atoms with Crippen LogP contribution in [-0.2, 0) is 16.2 Å². The summed E-state index contributed by atoms with van der Waals surface area (Å²) in [6.45, 7) is 0. The molecule has 0 radical (unpaired) electrons. The fraction of sp³-hybridized carbons (Fsp3) is 0.0769. The van der Waals surface area contributed by atoms with Gasteiger partial charge in [-0.2, -0.15) is 13.2 Å². The third kappa shape index (κ3) is 3.58. The average molecular weight is 398 g/mol. The Morgan fingerprint density at radius 3 is 2.27 bits per heavy atom. The summed E-state index contributed by atoms with van der Waals surface area (Å²) in [6, 6.07) is 7.19. The molecule has 0 aliphatic heterocycles. The lowest BCUT2D eigenvalue weighted by Crippen LogP contribution is -2.18. The molecule has 118 valence electrons. The highest BCUT2D eigenvalue weighted by Gasteiger charge is 2.34. The largest absolute Gasteiger partial charge is 0.418 e. The lowest BCUT2D eigenvalue weighted by Gasteiger charge is -2.15. The van der Waals surface area contributed by atoms with Gasteiger partial charge in [0, 0.05) is 4.47 Å². The summed E-state index contributed by atoms with van der Waals surface area (Å²) in [5, 5.41) is 0. The molecule has 0 aliphatic rings. The van der Waals surface area contributed by atoms with E-state index in [-0.39, 0.29) is 0 Å². The molecule has 1 N–H and O–H groups in total. The quantitative estimate of drug-likeness (QED) is 0.779. The van der Waals surface area contributed by atoms with Crippen LogP contribution in [0.4, 0.5) is 23.2 Å². The first-order valence-corrected chi connectivity index (χ1v) is 8.03. The number of alkyl halides is 3. The standard InChI is InChI=1S/C13H8BrF4NO2S/c14-8-5-6-12(10(15)7-8)22(20,21)19-11-4-2-1-3-9(11)13(16,17)18/h1-7,19H. The molecule has 0 spiro atoms. The minimum atomic E-state index is -4.74. The molecule has 22 heavy (non-hydrogen) atoms. The van der Waals surface area contributed by atoms with E-state index in [1.54, 1.807) is 4.72 Å². The van der Waals surface area contributed by atoms with E-state index >= 15 is 0 Å². The highest BCUT2D eigenvalue weighted by atomic mass is 79.9. The zero-order valence-electron chi connectivity index (χ0n) is 10.7. The number of hydrogen-bond acceptors (Lipinski definition) is 2. The molecule has 0 aromatic heterocycles. The van der Waals surface area contributed by atoms with E-state index in [4.69, 9.17) is 0 Å². The Bertz CT molecular complexity index is 806. The van der Waals surface area contributed by atoms with Gasteiger partial charge in [0.2, 0.25) is 0 Å². The maximum atomic E-state index is 13.7. The maximum absolute atomic E-state index is 13.7. The number of halogens is 5. The fourth-order valence-corrected chi connectivity index (χ4v) is 3.19. The van der Waals surface area contributed by atoms with Crippen molar-refractivity contribution < 1.29 is 26.0 Å². The van der Waals surface area contributed by atoms with Gasteiger partial charge in [-0.25, -0.2) is 12.8 Å². The van der Waals surface area contributed by atoms with Crippen LogP contribution in [0.15, 0.2) is 51.8 Å². The van der Waals surface area contributed by atoms with Gasteiger partial charge in [0.25, 0.3) is 10.0 Å². The number of benzene rings is 2. The molecule has 0 heterocycles. The van der Waals surface area contributed by atoms with E-state index in [0.29, 0.717) is 4.47 Å². The number of hydrogen-bond donors (Lipinski definition) is 1. The van der Waals surface area contributed by atoms with Crippen molar-refractivity contribution in [3.63, 3.8) is 0 Å². The summed E-state index contributed by atoms with van der Waals surface area (Å²) in [5.74, 6) is -1.08. The SMILES string of the molecule is O=S(=O)(Nc1ccccc1C(F)(F)F)c1ccc(Br)cc1F. The van der Waals surface area contributed by atoms with Gasteiger partial charge in [0.15, 0.2) is 0 Å². The lowest BCUT2D eigenvalue weighted by molar-refractivity contribution is -0.136. The molecule has 3 nitrogen and oxygen atoms in total. The number of para-hydroxylation sites is 1. The minimum Gasteiger partial charge on any atom is -0.279 e. The van der Waals surface area contributed by atoms with Crippen LogP contribution in [0.2, 0.25) is 0 Å². The van der Waals surface area contributed by atoms with Crippen LogP contribution in [0, 0.1) is 5.82 Å². The third-order valence-electron chi connectivity index (χ3n) is 2.66. The fourth-order valence-electron chi connectivity index (χ4n) is 1.71. The molecule has 0 amide bonds. The zero-order chi connectivity index (χ0) is 16.5. The van der Waals surface area contributed by atoms with Crippen LogP contribution < -0.4 is 4.72 Å². The van der Waals surface area contributed by atoms with Crippen molar-refractivity contribution >= 4 is 31.6 Å². The Balaban J connectivity index is 2.46. The van der Waals surface area contributed by atoms with Gasteiger partial charge in [0.1, 0.15) is 10.7 Å². The first-order chi connectivity index (χ1) is 10.1. The highest BCUT2D eigenvalue weighted by Crippen LogP contribution is 2.35. The Hall–Kier alpha value is -1.61. The van der Waals surface area contributed by atoms with Crippen LogP contribution in [0.3, 0.4) is 0 Å². The summed E-state index contributed by atoms with van der Waals surface area (Å²) in [4.78, 5) is -0.743. The second-order valence-corrected chi connectivity index (χ2v) is 6.79. The van der Waals surface area contributed by atoms with E-state index in [2.05, 4.69) is 15.9 Å². The minimum absolute atomic E-state index is 0.305. The summed E-state index contributed by atoms with van der Waals surface area (Å²) in [7, 11) is -4.49. The van der Waals surface area contributed by atoms with Gasteiger partial charge in [0.05, 0.1) is 11.3 Å². The van der Waals surface area contributed by atoms with Gasteiger partial charge < -0.3 is 0 Å². The summed E-state index contributed by atoms with van der Waals surface area (Å²) >= 11 is 2.96. The molecule has 2 rings (SSSR count). The number of nitrogens with one attached hydrogen (secondary N) is 1. The molecular formula is C13H8BrF4NO2S. The van der Waals surface area contributed by atoms with Crippen molar-refractivity contribution in [3.05, 3.63) is 58.3 Å². The monoisotopic (exact) mass is 397 g/mol. The predicted octanol–water partition coefficient (Wildman–Crippen LogP) is 4.41. The molecule has 0 saturated carbocycles. The van der Waals surface area contributed by atoms with Crippen molar-refractivity contribution in [1.82, 2.24) is 0 Å². The molecule has 0 saturated heterocycles. The van der Waals surface area contributed by atoms with Crippen LogP contribution in [0.1, 0.15) is 5.56 Å². The van der Waals surface area contributed by atoms with E-state index in [1.807, 2.05) is 0 Å². The molecule has 0 fully saturated rings. The van der Waals surface area contributed by atoms with Crippen LogP contribution in [0.25, 0.3) is 0 Å². The molecule has 9 heteroatoms. The Kier molecular flexibility index (Phi) is 4.48. The lowest BCUT2D eigenvalue weighted by atomic mass is 10.2. The van der Waals surface area contributed by atoms with Crippen LogP contribution >= 0.6 is 15.9 Å². The molecule has 0 unspecified atom stereocenters. The molecular weight excluding hydrogens is 390 g/mol. The molecule has 0 aliphatic carbocycles.